The van der Waals surface area contributed by atoms with E-state index in [0.29, 0.717) is 0 Å². The molecule has 1 rings (SSSR count). The summed E-state index contributed by atoms with van der Waals surface area (Å²) in [5.41, 5.74) is 0.764. The maximum absolute atomic E-state index is 11.5. The van der Waals surface area contributed by atoms with E-state index in [0.717, 1.165) is 5.56 Å². The number of aromatic hydroxyl groups is 1. The summed E-state index contributed by atoms with van der Waals surface area (Å²) >= 11 is 0. The van der Waals surface area contributed by atoms with Gasteiger partial charge >= 0.3 is 5.97 Å². The maximum Gasteiger partial charge on any atom is 0.328 e. The molecule has 1 aromatic rings. The molecule has 1 atom stereocenters. The number of nitrogens with one attached hydrogen (secondary N) is 1. The minimum atomic E-state index is -0.844. The van der Waals surface area contributed by atoms with Crippen molar-refractivity contribution in [2.45, 2.75) is 12.5 Å². The molecular weight excluding hydrogens is 234 g/mol. The van der Waals surface area contributed by atoms with Gasteiger partial charge in [-0.2, -0.15) is 0 Å². The largest absolute Gasteiger partial charge is 0.508 e. The number of methoxy groups -OCH3 is 1. The van der Waals surface area contributed by atoms with Gasteiger partial charge < -0.3 is 15.2 Å². The zero-order valence-electron chi connectivity index (χ0n) is 9.84. The van der Waals surface area contributed by atoms with Gasteiger partial charge in [0.2, 0.25) is 0 Å². The molecule has 0 aliphatic rings. The van der Waals surface area contributed by atoms with Crippen LogP contribution < -0.4 is 5.32 Å². The lowest BCUT2D eigenvalue weighted by atomic mass is 10.1. The molecule has 5 nitrogen and oxygen atoms in total. The highest BCUT2D eigenvalue weighted by molar-refractivity contribution is 5.95. The molecule has 2 N–H and O–H groups in total. The molecule has 0 saturated carbocycles. The SMILES string of the molecule is C#CC(=O)NC(Cc1ccc(O)cc1)C(=O)OC. The average Bonchev–Trinajstić information content (AvgIpc) is 2.39. The summed E-state index contributed by atoms with van der Waals surface area (Å²) in [7, 11) is 1.23. The number of carbonyl (C=O) groups excluding carboxylic acids is 2. The van der Waals surface area contributed by atoms with Crippen LogP contribution in [-0.4, -0.2) is 30.1 Å². The quantitative estimate of drug-likeness (QED) is 0.589. The number of esters is 1. The topological polar surface area (TPSA) is 75.6 Å². The van der Waals surface area contributed by atoms with Gasteiger partial charge in [-0.05, 0) is 23.6 Å². The minimum absolute atomic E-state index is 0.126. The smallest absolute Gasteiger partial charge is 0.328 e. The molecule has 5 heteroatoms. The fourth-order valence-corrected chi connectivity index (χ4v) is 1.40. The molecule has 0 aliphatic heterocycles. The normalized spacial score (nSPS) is 11.1. The first kappa shape index (κ1) is 13.6. The Labute approximate surface area is 105 Å². The molecule has 0 heterocycles. The summed E-state index contributed by atoms with van der Waals surface area (Å²) in [6.45, 7) is 0. The number of benzene rings is 1. The van der Waals surface area contributed by atoms with Gasteiger partial charge in [-0.15, -0.1) is 6.42 Å². The van der Waals surface area contributed by atoms with Crippen LogP contribution >= 0.6 is 0 Å². The van der Waals surface area contributed by atoms with Crippen molar-refractivity contribution < 1.29 is 19.4 Å². The standard InChI is InChI=1S/C13H13NO4/c1-3-12(16)14-11(13(17)18-2)8-9-4-6-10(15)7-5-9/h1,4-7,11,15H,8H2,2H3,(H,14,16). The summed E-state index contributed by atoms with van der Waals surface area (Å²) in [4.78, 5) is 22.6. The molecule has 0 saturated heterocycles. The van der Waals surface area contributed by atoms with Crippen LogP contribution in [0.1, 0.15) is 5.56 Å². The van der Waals surface area contributed by atoms with Gasteiger partial charge in [0, 0.05) is 6.42 Å². The van der Waals surface area contributed by atoms with Crippen LogP contribution in [0.25, 0.3) is 0 Å². The lowest BCUT2D eigenvalue weighted by Gasteiger charge is -2.14. The van der Waals surface area contributed by atoms with Crippen LogP contribution in [0.15, 0.2) is 24.3 Å². The summed E-state index contributed by atoms with van der Waals surface area (Å²) in [6.07, 6.45) is 5.16. The highest BCUT2D eigenvalue weighted by Crippen LogP contribution is 2.11. The number of ether oxygens (including phenoxy) is 1. The number of carbonyl (C=O) groups is 2. The predicted molar refractivity (Wildman–Crippen MR) is 64.6 cm³/mol. The second kappa shape index (κ2) is 6.30. The molecule has 0 bridgehead atoms. The highest BCUT2D eigenvalue weighted by atomic mass is 16.5. The van der Waals surface area contributed by atoms with E-state index in [2.05, 4.69) is 10.1 Å². The second-order valence-corrected chi connectivity index (χ2v) is 3.56. The predicted octanol–water partition coefficient (Wildman–Crippen LogP) is 0.226. The van der Waals surface area contributed by atoms with E-state index in [9.17, 15) is 9.59 Å². The third kappa shape index (κ3) is 3.83. The number of rotatable bonds is 4. The minimum Gasteiger partial charge on any atom is -0.508 e. The summed E-state index contributed by atoms with van der Waals surface area (Å²) in [5, 5.41) is 11.5. The van der Waals surface area contributed by atoms with E-state index in [1.54, 1.807) is 12.1 Å². The number of hydrogen-bond acceptors (Lipinski definition) is 4. The zero-order valence-corrected chi connectivity index (χ0v) is 9.84. The van der Waals surface area contributed by atoms with Gasteiger partial charge in [0.25, 0.3) is 5.91 Å². The fourth-order valence-electron chi connectivity index (χ4n) is 1.40. The average molecular weight is 247 g/mol. The third-order valence-corrected chi connectivity index (χ3v) is 2.30. The van der Waals surface area contributed by atoms with Crippen molar-refractivity contribution in [2.24, 2.45) is 0 Å². The highest BCUT2D eigenvalue weighted by Gasteiger charge is 2.21. The van der Waals surface area contributed by atoms with Crippen molar-refractivity contribution in [3.63, 3.8) is 0 Å². The third-order valence-electron chi connectivity index (χ3n) is 2.30. The Kier molecular flexibility index (Phi) is 4.76. The molecule has 0 aromatic heterocycles. The molecule has 1 unspecified atom stereocenters. The Bertz CT molecular complexity index is 473. The Morgan fingerprint density at radius 2 is 2.06 bits per heavy atom. The molecule has 94 valence electrons. The first-order chi connectivity index (χ1) is 8.56. The number of terminal acetylenes is 1. The Balaban J connectivity index is 2.78. The fraction of sp³-hybridized carbons (Fsp3) is 0.231. The molecule has 0 aliphatic carbocycles. The number of hydrogen-bond donors (Lipinski definition) is 2. The molecule has 0 radical (unpaired) electrons. The molecule has 0 spiro atoms. The van der Waals surface area contributed by atoms with E-state index in [1.807, 2.05) is 5.92 Å². The van der Waals surface area contributed by atoms with E-state index in [1.165, 1.54) is 19.2 Å². The van der Waals surface area contributed by atoms with Crippen molar-refractivity contribution in [3.05, 3.63) is 29.8 Å². The van der Waals surface area contributed by atoms with Gasteiger partial charge in [0.15, 0.2) is 0 Å². The summed E-state index contributed by atoms with van der Waals surface area (Å²) < 4.78 is 4.58. The maximum atomic E-state index is 11.5. The van der Waals surface area contributed by atoms with Gasteiger partial charge in [0.1, 0.15) is 11.8 Å². The lowest BCUT2D eigenvalue weighted by molar-refractivity contribution is -0.144. The Morgan fingerprint density at radius 1 is 1.44 bits per heavy atom. The van der Waals surface area contributed by atoms with Crippen molar-refractivity contribution in [1.29, 1.82) is 0 Å². The van der Waals surface area contributed by atoms with Gasteiger partial charge in [-0.25, -0.2) is 4.79 Å². The second-order valence-electron chi connectivity index (χ2n) is 3.56. The van der Waals surface area contributed by atoms with Gasteiger partial charge in [-0.3, -0.25) is 4.79 Å². The van der Waals surface area contributed by atoms with Crippen LogP contribution in [0.4, 0.5) is 0 Å². The van der Waals surface area contributed by atoms with Gasteiger partial charge in [-0.1, -0.05) is 12.1 Å². The number of amides is 1. The number of phenols is 1. The van der Waals surface area contributed by atoms with E-state index in [-0.39, 0.29) is 12.2 Å². The first-order valence-corrected chi connectivity index (χ1v) is 5.19. The summed E-state index contributed by atoms with van der Waals surface area (Å²) in [5.74, 6) is 0.744. The van der Waals surface area contributed by atoms with E-state index < -0.39 is 17.9 Å². The molecular formula is C13H13NO4. The summed E-state index contributed by atoms with van der Waals surface area (Å²) in [6, 6.07) is 5.43. The van der Waals surface area contributed by atoms with Crippen molar-refractivity contribution in [2.75, 3.05) is 7.11 Å². The van der Waals surface area contributed by atoms with Crippen LogP contribution in [0, 0.1) is 12.3 Å². The Hall–Kier alpha value is -2.48. The lowest BCUT2D eigenvalue weighted by Crippen LogP contribution is -2.42. The number of phenolic OH excluding ortho intramolecular Hbond substituents is 1. The molecule has 1 amide bonds. The van der Waals surface area contributed by atoms with Crippen LogP contribution in [0.2, 0.25) is 0 Å². The molecule has 0 fully saturated rings. The first-order valence-electron chi connectivity index (χ1n) is 5.19. The van der Waals surface area contributed by atoms with Gasteiger partial charge in [0.05, 0.1) is 7.11 Å². The van der Waals surface area contributed by atoms with Crippen LogP contribution in [0.5, 0.6) is 5.75 Å². The monoisotopic (exact) mass is 247 g/mol. The van der Waals surface area contributed by atoms with E-state index >= 15 is 0 Å². The molecule has 1 aromatic carbocycles. The molecule has 18 heavy (non-hydrogen) atoms. The van der Waals surface area contributed by atoms with Crippen molar-refractivity contribution >= 4 is 11.9 Å². The van der Waals surface area contributed by atoms with E-state index in [4.69, 9.17) is 11.5 Å². The van der Waals surface area contributed by atoms with Crippen LogP contribution in [-0.2, 0) is 20.7 Å². The Morgan fingerprint density at radius 3 is 2.56 bits per heavy atom. The zero-order chi connectivity index (χ0) is 13.5. The van der Waals surface area contributed by atoms with Crippen LogP contribution in [0.3, 0.4) is 0 Å². The van der Waals surface area contributed by atoms with Crippen molar-refractivity contribution in [3.8, 4) is 18.1 Å². The van der Waals surface area contributed by atoms with Crippen molar-refractivity contribution in [1.82, 2.24) is 5.32 Å².